The summed E-state index contributed by atoms with van der Waals surface area (Å²) in [7, 11) is 0. The Bertz CT molecular complexity index is 424. The highest BCUT2D eigenvalue weighted by Crippen LogP contribution is 2.26. The summed E-state index contributed by atoms with van der Waals surface area (Å²) >= 11 is 0. The van der Waals surface area contributed by atoms with Crippen LogP contribution in [0.2, 0.25) is 0 Å². The maximum Gasteiger partial charge on any atom is -0.0175 e. The molecule has 3 rings (SSSR count). The molecule has 0 nitrogen and oxygen atoms in total. The van der Waals surface area contributed by atoms with Gasteiger partial charge in [0.1, 0.15) is 0 Å². The predicted molar refractivity (Wildman–Crippen MR) is 59.4 cm³/mol. The van der Waals surface area contributed by atoms with Crippen LogP contribution < -0.4 is 0 Å². The number of benzene rings is 2. The molecule has 0 saturated carbocycles. The molecule has 2 aromatic rings. The Morgan fingerprint density at radius 1 is 0.929 bits per heavy atom. The van der Waals surface area contributed by atoms with Crippen molar-refractivity contribution in [3.8, 4) is 0 Å². The SMILES string of the molecule is [c]1ccc2cc3c(cc2c1)CCCC3. The van der Waals surface area contributed by atoms with Crippen molar-refractivity contribution in [2.45, 2.75) is 25.7 Å². The first-order chi connectivity index (χ1) is 6.93. The van der Waals surface area contributed by atoms with Crippen molar-refractivity contribution in [1.82, 2.24) is 0 Å². The van der Waals surface area contributed by atoms with Crippen LogP contribution in [0.4, 0.5) is 0 Å². The summed E-state index contributed by atoms with van der Waals surface area (Å²) in [6.45, 7) is 0. The zero-order valence-corrected chi connectivity index (χ0v) is 8.22. The Hall–Kier alpha value is -1.30. The van der Waals surface area contributed by atoms with E-state index >= 15 is 0 Å². The molecule has 0 amide bonds. The van der Waals surface area contributed by atoms with Gasteiger partial charge in [-0.25, -0.2) is 0 Å². The van der Waals surface area contributed by atoms with Crippen molar-refractivity contribution >= 4 is 10.8 Å². The number of fused-ring (bicyclic) bond motifs is 2. The van der Waals surface area contributed by atoms with Crippen LogP contribution in [-0.4, -0.2) is 0 Å². The summed E-state index contributed by atoms with van der Waals surface area (Å²) in [6, 6.07) is 14.1. The first-order valence-corrected chi connectivity index (χ1v) is 5.35. The molecule has 0 atom stereocenters. The highest BCUT2D eigenvalue weighted by molar-refractivity contribution is 5.84. The predicted octanol–water partition coefficient (Wildman–Crippen LogP) is 3.52. The zero-order valence-electron chi connectivity index (χ0n) is 8.22. The lowest BCUT2D eigenvalue weighted by Gasteiger charge is -2.16. The zero-order chi connectivity index (χ0) is 9.38. The second-order valence-electron chi connectivity index (χ2n) is 4.10. The maximum absolute atomic E-state index is 3.14. The molecule has 0 spiro atoms. The maximum atomic E-state index is 3.14. The van der Waals surface area contributed by atoms with Gasteiger partial charge in [-0.05, 0) is 59.7 Å². The summed E-state index contributed by atoms with van der Waals surface area (Å²) in [5, 5.41) is 2.71. The average Bonchev–Trinajstić information content (AvgIpc) is 2.26. The quantitative estimate of drug-likeness (QED) is 0.583. The first kappa shape index (κ1) is 8.05. The largest absolute Gasteiger partial charge is 0.0538 e. The van der Waals surface area contributed by atoms with E-state index in [1.807, 2.05) is 6.07 Å². The molecule has 0 unspecified atom stereocenters. The van der Waals surface area contributed by atoms with Gasteiger partial charge < -0.3 is 0 Å². The Kier molecular flexibility index (Phi) is 1.80. The van der Waals surface area contributed by atoms with Crippen molar-refractivity contribution in [3.05, 3.63) is 47.5 Å². The fraction of sp³-hybridized carbons (Fsp3) is 0.286. The lowest BCUT2D eigenvalue weighted by atomic mass is 9.89. The van der Waals surface area contributed by atoms with Crippen molar-refractivity contribution < 1.29 is 0 Å². The van der Waals surface area contributed by atoms with Gasteiger partial charge in [0, 0.05) is 0 Å². The van der Waals surface area contributed by atoms with Crippen LogP contribution in [0.15, 0.2) is 30.3 Å². The van der Waals surface area contributed by atoms with Crippen molar-refractivity contribution in [3.63, 3.8) is 0 Å². The third-order valence-corrected chi connectivity index (χ3v) is 3.15. The highest BCUT2D eigenvalue weighted by atomic mass is 14.1. The molecule has 2 aromatic carbocycles. The van der Waals surface area contributed by atoms with Gasteiger partial charge in [-0.2, -0.15) is 0 Å². The number of rotatable bonds is 0. The minimum atomic E-state index is 1.26. The van der Waals surface area contributed by atoms with Gasteiger partial charge in [-0.3, -0.25) is 0 Å². The Balaban J connectivity index is 2.27. The fourth-order valence-electron chi connectivity index (χ4n) is 2.37. The summed E-state index contributed by atoms with van der Waals surface area (Å²) < 4.78 is 0. The van der Waals surface area contributed by atoms with Crippen LogP contribution in [0.1, 0.15) is 24.0 Å². The smallest absolute Gasteiger partial charge is 0.0175 e. The van der Waals surface area contributed by atoms with Crippen LogP contribution in [0.25, 0.3) is 10.8 Å². The van der Waals surface area contributed by atoms with Gasteiger partial charge in [0.2, 0.25) is 0 Å². The topological polar surface area (TPSA) is 0 Å². The van der Waals surface area contributed by atoms with E-state index < -0.39 is 0 Å². The molecular weight excluding hydrogens is 168 g/mol. The normalized spacial score (nSPS) is 15.4. The molecular formula is C14H13. The Morgan fingerprint density at radius 3 is 2.43 bits per heavy atom. The van der Waals surface area contributed by atoms with E-state index in [0.717, 1.165) is 0 Å². The minimum Gasteiger partial charge on any atom is -0.0538 e. The molecule has 0 aromatic heterocycles. The molecule has 1 aliphatic carbocycles. The molecule has 14 heavy (non-hydrogen) atoms. The summed E-state index contributed by atoms with van der Waals surface area (Å²) in [4.78, 5) is 0. The van der Waals surface area contributed by atoms with Crippen molar-refractivity contribution in [2.24, 2.45) is 0 Å². The summed E-state index contributed by atoms with van der Waals surface area (Å²) in [6.07, 6.45) is 5.25. The van der Waals surface area contributed by atoms with Crippen LogP contribution in [0.5, 0.6) is 0 Å². The summed E-state index contributed by atoms with van der Waals surface area (Å²) in [5.74, 6) is 0. The number of hydrogen-bond acceptors (Lipinski definition) is 0. The Labute approximate surface area is 84.6 Å². The Morgan fingerprint density at radius 2 is 1.64 bits per heavy atom. The van der Waals surface area contributed by atoms with E-state index in [0.29, 0.717) is 0 Å². The first-order valence-electron chi connectivity index (χ1n) is 5.35. The molecule has 1 radical (unpaired) electrons. The van der Waals surface area contributed by atoms with E-state index in [4.69, 9.17) is 0 Å². The lowest BCUT2D eigenvalue weighted by molar-refractivity contribution is 0.687. The van der Waals surface area contributed by atoms with Gasteiger partial charge in [-0.1, -0.05) is 24.3 Å². The second kappa shape index (κ2) is 3.13. The highest BCUT2D eigenvalue weighted by Gasteiger charge is 2.09. The fourth-order valence-corrected chi connectivity index (χ4v) is 2.37. The van der Waals surface area contributed by atoms with Gasteiger partial charge in [0.25, 0.3) is 0 Å². The molecule has 0 heteroatoms. The number of hydrogen-bond donors (Lipinski definition) is 0. The van der Waals surface area contributed by atoms with Crippen LogP contribution in [0, 0.1) is 6.07 Å². The van der Waals surface area contributed by atoms with Gasteiger partial charge in [-0.15, -0.1) is 0 Å². The van der Waals surface area contributed by atoms with Crippen molar-refractivity contribution in [1.29, 1.82) is 0 Å². The molecule has 0 heterocycles. The molecule has 0 saturated heterocycles. The monoisotopic (exact) mass is 181 g/mol. The van der Waals surface area contributed by atoms with Crippen LogP contribution >= 0.6 is 0 Å². The standard InChI is InChI=1S/C14H13/c1-2-6-12-10-14-8-4-3-7-13(14)9-11(12)5-1/h1,5-6,9-10H,3-4,7-8H2. The molecule has 0 fully saturated rings. The third-order valence-electron chi connectivity index (χ3n) is 3.15. The molecule has 0 aliphatic heterocycles. The second-order valence-corrected chi connectivity index (χ2v) is 4.10. The molecule has 0 N–H and O–H groups in total. The summed E-state index contributed by atoms with van der Waals surface area (Å²) in [5.41, 5.74) is 3.12. The van der Waals surface area contributed by atoms with Gasteiger partial charge in [0.05, 0.1) is 0 Å². The third kappa shape index (κ3) is 1.22. The van der Waals surface area contributed by atoms with E-state index in [1.54, 1.807) is 11.1 Å². The van der Waals surface area contributed by atoms with E-state index in [-0.39, 0.29) is 0 Å². The van der Waals surface area contributed by atoms with Crippen LogP contribution in [-0.2, 0) is 12.8 Å². The van der Waals surface area contributed by atoms with Crippen LogP contribution in [0.3, 0.4) is 0 Å². The van der Waals surface area contributed by atoms with E-state index in [1.165, 1.54) is 36.5 Å². The minimum absolute atomic E-state index is 1.26. The van der Waals surface area contributed by atoms with Gasteiger partial charge in [0.15, 0.2) is 0 Å². The van der Waals surface area contributed by atoms with Crippen molar-refractivity contribution in [2.75, 3.05) is 0 Å². The molecule has 0 bridgehead atoms. The van der Waals surface area contributed by atoms with E-state index in [2.05, 4.69) is 30.3 Å². The van der Waals surface area contributed by atoms with Gasteiger partial charge >= 0.3 is 0 Å². The lowest BCUT2D eigenvalue weighted by Crippen LogP contribution is -2.01. The molecule has 1 aliphatic rings. The molecule has 69 valence electrons. The number of aryl methyl sites for hydroxylation is 2. The van der Waals surface area contributed by atoms with E-state index in [9.17, 15) is 0 Å². The average molecular weight is 181 g/mol.